The molecule has 1 amide bonds. The first-order valence-corrected chi connectivity index (χ1v) is 17.1. The monoisotopic (exact) mass is 689 g/mol. The molecule has 258 valence electrons. The first-order chi connectivity index (χ1) is 22.6. The number of benzene rings is 2. The van der Waals surface area contributed by atoms with Crippen molar-refractivity contribution in [3.63, 3.8) is 0 Å². The summed E-state index contributed by atoms with van der Waals surface area (Å²) >= 11 is 0. The summed E-state index contributed by atoms with van der Waals surface area (Å²) in [5.74, 6) is -1.24. The lowest BCUT2D eigenvalue weighted by Gasteiger charge is -2.18. The van der Waals surface area contributed by atoms with Crippen molar-refractivity contribution in [2.24, 2.45) is 0 Å². The Morgan fingerprint density at radius 1 is 1.02 bits per heavy atom. The average molecular weight is 690 g/mol. The van der Waals surface area contributed by atoms with Crippen molar-refractivity contribution in [3.05, 3.63) is 77.7 Å². The zero-order chi connectivity index (χ0) is 35.1. The summed E-state index contributed by atoms with van der Waals surface area (Å²) in [6.45, 7) is 7.76. The van der Waals surface area contributed by atoms with Crippen molar-refractivity contribution in [1.82, 2.24) is 25.1 Å². The van der Waals surface area contributed by atoms with E-state index < -0.39 is 36.4 Å². The molecule has 2 heterocycles. The number of aliphatic hydroxyl groups is 1. The maximum Gasteiger partial charge on any atom is 0.421 e. The second-order valence-electron chi connectivity index (χ2n) is 11.5. The molecular weight excluding hydrogens is 650 g/mol. The number of rotatable bonds is 15. The van der Waals surface area contributed by atoms with Crippen LogP contribution in [0.15, 0.2) is 61.1 Å². The number of hydrogen-bond acceptors (Lipinski definition) is 10. The molecule has 1 atom stereocenters. The molecule has 4 aromatic rings. The van der Waals surface area contributed by atoms with E-state index in [9.17, 15) is 27.6 Å². The van der Waals surface area contributed by atoms with Gasteiger partial charge in [0.2, 0.25) is 13.3 Å². The van der Waals surface area contributed by atoms with Gasteiger partial charge < -0.3 is 30.3 Å². The molecule has 0 bridgehead atoms. The summed E-state index contributed by atoms with van der Waals surface area (Å²) in [4.78, 5) is 20.9. The topological polar surface area (TPSA) is 153 Å². The average Bonchev–Trinajstić information content (AvgIpc) is 3.47. The van der Waals surface area contributed by atoms with Crippen LogP contribution in [0, 0.1) is 0 Å². The minimum Gasteiger partial charge on any atom is -0.389 e. The molecule has 0 saturated carbocycles. The highest BCUT2D eigenvalue weighted by Gasteiger charge is 2.36. The summed E-state index contributed by atoms with van der Waals surface area (Å²) in [6, 6.07) is 11.4. The second kappa shape index (κ2) is 15.3. The Bertz CT molecular complexity index is 1760. The van der Waals surface area contributed by atoms with E-state index >= 15 is 0 Å². The van der Waals surface area contributed by atoms with Gasteiger partial charge in [-0.3, -0.25) is 14.0 Å². The van der Waals surface area contributed by atoms with Crippen LogP contribution in [-0.2, 0) is 32.7 Å². The molecule has 12 nitrogen and oxygen atoms in total. The fourth-order valence-electron chi connectivity index (χ4n) is 4.72. The quantitative estimate of drug-likeness (QED) is 0.0983. The zero-order valence-electron chi connectivity index (χ0n) is 27.3. The number of amides is 1. The van der Waals surface area contributed by atoms with Crippen LogP contribution in [0.3, 0.4) is 0 Å². The van der Waals surface area contributed by atoms with Gasteiger partial charge in [0.1, 0.15) is 17.7 Å². The molecule has 0 aliphatic carbocycles. The molecule has 4 rings (SSSR count). The Morgan fingerprint density at radius 3 is 2.38 bits per heavy atom. The Kier molecular flexibility index (Phi) is 11.6. The van der Waals surface area contributed by atoms with Crippen LogP contribution >= 0.6 is 7.37 Å². The van der Waals surface area contributed by atoms with Gasteiger partial charge in [0.15, 0.2) is 0 Å². The van der Waals surface area contributed by atoms with Crippen LogP contribution < -0.4 is 16.0 Å². The first-order valence-electron chi connectivity index (χ1n) is 15.1. The van der Waals surface area contributed by atoms with E-state index in [2.05, 4.69) is 31.0 Å². The molecule has 0 aliphatic heterocycles. The Labute approximate surface area is 276 Å². The molecule has 0 radical (unpaired) electrons. The number of carbonyl (C=O) groups excluding carboxylic acids is 1. The van der Waals surface area contributed by atoms with Crippen LogP contribution in [0.5, 0.6) is 0 Å². The number of hydrogen-bond donors (Lipinski definition) is 4. The number of carbonyl (C=O) groups is 1. The van der Waals surface area contributed by atoms with E-state index in [1.54, 1.807) is 75.1 Å². The summed E-state index contributed by atoms with van der Waals surface area (Å²) in [5, 5.41) is 22.5. The predicted molar refractivity (Wildman–Crippen MR) is 177 cm³/mol. The molecular formula is C32H39F3N7O5P. The highest BCUT2D eigenvalue weighted by molar-refractivity contribution is 7.57. The summed E-state index contributed by atoms with van der Waals surface area (Å²) in [5.41, 5.74) is 0.424. The van der Waals surface area contributed by atoms with Gasteiger partial charge in [-0.05, 0) is 63.1 Å². The lowest BCUT2D eigenvalue weighted by Crippen LogP contribution is -2.26. The highest BCUT2D eigenvalue weighted by atomic mass is 31.2. The number of aromatic nitrogens is 4. The van der Waals surface area contributed by atoms with Crippen molar-refractivity contribution in [1.29, 1.82) is 0 Å². The Morgan fingerprint density at radius 2 is 1.75 bits per heavy atom. The first kappa shape index (κ1) is 36.5. The lowest BCUT2D eigenvalue weighted by atomic mass is 10.0. The molecule has 16 heteroatoms. The van der Waals surface area contributed by atoms with Gasteiger partial charge in [-0.2, -0.15) is 23.3 Å². The van der Waals surface area contributed by atoms with Crippen molar-refractivity contribution < 1.29 is 36.9 Å². The normalized spacial score (nSPS) is 13.2. The SMILES string of the molecule is CCOCP(=O)(Cc1ccc(Nc2ncc(C(F)(F)F)c(Nc3ccc(-c4cnn(CC(C)(C)O)c4)cc3C(=O)NC)n2)cc1)OCC. The predicted octanol–water partition coefficient (Wildman–Crippen LogP) is 6.79. The van der Waals surface area contributed by atoms with Gasteiger partial charge in [-0.15, -0.1) is 0 Å². The van der Waals surface area contributed by atoms with E-state index in [4.69, 9.17) is 9.26 Å². The Balaban J connectivity index is 1.61. The summed E-state index contributed by atoms with van der Waals surface area (Å²) in [6.07, 6.45) is -0.740. The number of anilines is 4. The van der Waals surface area contributed by atoms with Gasteiger partial charge in [0.05, 0.1) is 42.4 Å². The number of alkyl halides is 3. The number of ether oxygens (including phenoxy) is 1. The Hall–Kier alpha value is -4.30. The second-order valence-corrected chi connectivity index (χ2v) is 14.0. The minimum absolute atomic E-state index is 0.00922. The zero-order valence-corrected chi connectivity index (χ0v) is 28.2. The fourth-order valence-corrected chi connectivity index (χ4v) is 6.67. The van der Waals surface area contributed by atoms with Crippen molar-refractivity contribution in [2.45, 2.75) is 52.2 Å². The summed E-state index contributed by atoms with van der Waals surface area (Å²) < 4.78 is 67.7. The molecule has 0 saturated heterocycles. The number of halogens is 3. The van der Waals surface area contributed by atoms with E-state index in [0.29, 0.717) is 29.6 Å². The molecule has 0 fully saturated rings. The van der Waals surface area contributed by atoms with Crippen LogP contribution in [0.4, 0.5) is 36.3 Å². The van der Waals surface area contributed by atoms with E-state index in [0.717, 1.165) is 5.56 Å². The van der Waals surface area contributed by atoms with Gasteiger partial charge in [0.25, 0.3) is 5.91 Å². The molecule has 2 aromatic heterocycles. The fraction of sp³-hybridized carbons (Fsp3) is 0.375. The molecule has 1 unspecified atom stereocenters. The van der Waals surface area contributed by atoms with Crippen LogP contribution in [0.1, 0.15) is 49.2 Å². The number of nitrogens with zero attached hydrogens (tertiary/aromatic N) is 4. The van der Waals surface area contributed by atoms with Gasteiger partial charge >= 0.3 is 6.18 Å². The molecule has 0 aliphatic rings. The van der Waals surface area contributed by atoms with Crippen molar-refractivity contribution in [3.8, 4) is 11.1 Å². The van der Waals surface area contributed by atoms with Crippen LogP contribution in [-0.4, -0.2) is 63.0 Å². The van der Waals surface area contributed by atoms with Gasteiger partial charge in [0, 0.05) is 37.3 Å². The largest absolute Gasteiger partial charge is 0.421 e. The third-order valence-electron chi connectivity index (χ3n) is 6.84. The van der Waals surface area contributed by atoms with Crippen LogP contribution in [0.25, 0.3) is 11.1 Å². The smallest absolute Gasteiger partial charge is 0.389 e. The molecule has 4 N–H and O–H groups in total. The van der Waals surface area contributed by atoms with E-state index in [1.807, 2.05) is 0 Å². The number of nitrogens with one attached hydrogen (secondary N) is 3. The molecule has 0 spiro atoms. The van der Waals surface area contributed by atoms with Crippen molar-refractivity contribution in [2.75, 3.05) is 37.2 Å². The van der Waals surface area contributed by atoms with Crippen molar-refractivity contribution >= 4 is 36.4 Å². The van der Waals surface area contributed by atoms with Crippen LogP contribution in [0.2, 0.25) is 0 Å². The highest BCUT2D eigenvalue weighted by Crippen LogP contribution is 2.50. The standard InChI is InChI=1S/C32H39F3N7O5P/c1-6-46-20-48(45,47-7-2)18-21-8-11-24(12-9-21)39-30-37-16-26(32(33,34)35)28(41-30)40-27-13-10-22(14-25(27)29(43)36-5)23-15-38-42(17-23)19-31(3,4)44/h8-17,44H,6-7,18-20H2,1-5H3,(H,36,43)(H2,37,39,40,41). The van der Waals surface area contributed by atoms with Gasteiger partial charge in [-0.25, -0.2) is 4.98 Å². The minimum atomic E-state index is -4.80. The molecule has 48 heavy (non-hydrogen) atoms. The van der Waals surface area contributed by atoms with E-state index in [1.165, 1.54) is 19.2 Å². The maximum absolute atomic E-state index is 14.1. The summed E-state index contributed by atoms with van der Waals surface area (Å²) in [7, 11) is -1.66. The third-order valence-corrected chi connectivity index (χ3v) is 9.00. The maximum atomic E-state index is 14.1. The lowest BCUT2D eigenvalue weighted by molar-refractivity contribution is -0.137. The third kappa shape index (κ3) is 9.86. The van der Waals surface area contributed by atoms with E-state index in [-0.39, 0.29) is 42.9 Å². The molecule has 2 aromatic carbocycles. The van der Waals surface area contributed by atoms with Gasteiger partial charge in [-0.1, -0.05) is 18.2 Å².